The topological polar surface area (TPSA) is 93.3 Å². The van der Waals surface area contributed by atoms with E-state index in [-0.39, 0.29) is 17.2 Å². The van der Waals surface area contributed by atoms with E-state index in [0.29, 0.717) is 36.0 Å². The maximum Gasteiger partial charge on any atom is 0.270 e. The van der Waals surface area contributed by atoms with Gasteiger partial charge in [-0.2, -0.15) is 11.8 Å². The minimum absolute atomic E-state index is 0.125. The summed E-state index contributed by atoms with van der Waals surface area (Å²) in [5.74, 6) is 1.97. The van der Waals surface area contributed by atoms with Gasteiger partial charge < -0.3 is 19.8 Å². The average Bonchev–Trinajstić information content (AvgIpc) is 2.61. The predicted octanol–water partition coefficient (Wildman–Crippen LogP) is 1.62. The van der Waals surface area contributed by atoms with E-state index in [9.17, 15) is 9.59 Å². The van der Waals surface area contributed by atoms with Gasteiger partial charge in [0.15, 0.2) is 11.5 Å². The molecule has 0 spiro atoms. The molecule has 8 heteroatoms. The highest BCUT2D eigenvalue weighted by atomic mass is 32.2. The van der Waals surface area contributed by atoms with Crippen LogP contribution in [-0.2, 0) is 12.2 Å². The minimum Gasteiger partial charge on any atom is -0.493 e. The molecular weight excluding hydrogens is 342 g/mol. The Morgan fingerprint density at radius 1 is 1.24 bits per heavy atom. The number of carbonyl (C=O) groups is 1. The van der Waals surface area contributed by atoms with Crippen LogP contribution in [0.15, 0.2) is 29.1 Å². The van der Waals surface area contributed by atoms with Crippen LogP contribution in [-0.4, -0.2) is 42.9 Å². The van der Waals surface area contributed by atoms with Gasteiger partial charge in [-0.15, -0.1) is 0 Å². The van der Waals surface area contributed by atoms with Crippen molar-refractivity contribution in [2.24, 2.45) is 0 Å². The summed E-state index contributed by atoms with van der Waals surface area (Å²) in [6.45, 7) is 0.417. The van der Waals surface area contributed by atoms with E-state index >= 15 is 0 Å². The average molecular weight is 363 g/mol. The minimum atomic E-state index is -0.367. The summed E-state index contributed by atoms with van der Waals surface area (Å²) < 4.78 is 10.5. The Labute approximate surface area is 150 Å². The van der Waals surface area contributed by atoms with Gasteiger partial charge in [0.05, 0.1) is 20.0 Å². The number of thioether (sulfide) groups is 1. The monoisotopic (exact) mass is 363 g/mol. The summed E-state index contributed by atoms with van der Waals surface area (Å²) in [5, 5.41) is 2.78. The van der Waals surface area contributed by atoms with Crippen LogP contribution in [0.1, 0.15) is 21.9 Å². The highest BCUT2D eigenvalue weighted by Crippen LogP contribution is 2.27. The predicted molar refractivity (Wildman–Crippen MR) is 97.7 cm³/mol. The van der Waals surface area contributed by atoms with Crippen LogP contribution in [0.3, 0.4) is 0 Å². The Morgan fingerprint density at radius 2 is 2.00 bits per heavy atom. The second-order valence-electron chi connectivity index (χ2n) is 5.21. The fraction of sp³-hybridized carbons (Fsp3) is 0.353. The molecule has 1 heterocycles. The highest BCUT2D eigenvalue weighted by Gasteiger charge is 2.10. The molecule has 1 aromatic carbocycles. The molecule has 2 aromatic rings. The third-order valence-electron chi connectivity index (χ3n) is 3.45. The first-order valence-corrected chi connectivity index (χ1v) is 9.05. The first kappa shape index (κ1) is 18.9. The van der Waals surface area contributed by atoms with Crippen molar-refractivity contribution < 1.29 is 14.3 Å². The molecule has 134 valence electrons. The Kier molecular flexibility index (Phi) is 6.88. The summed E-state index contributed by atoms with van der Waals surface area (Å²) in [6.07, 6.45) is 2.52. The quantitative estimate of drug-likeness (QED) is 0.740. The van der Waals surface area contributed by atoms with Gasteiger partial charge in [0, 0.05) is 12.6 Å². The molecule has 0 saturated carbocycles. The Morgan fingerprint density at radius 3 is 2.68 bits per heavy atom. The second kappa shape index (κ2) is 9.12. The molecule has 0 aliphatic heterocycles. The van der Waals surface area contributed by atoms with Crippen molar-refractivity contribution in [2.75, 3.05) is 27.0 Å². The fourth-order valence-electron chi connectivity index (χ4n) is 2.28. The zero-order valence-electron chi connectivity index (χ0n) is 14.4. The number of rotatable bonds is 8. The summed E-state index contributed by atoms with van der Waals surface area (Å²) in [7, 11) is 3.16. The van der Waals surface area contributed by atoms with Gasteiger partial charge in [0.25, 0.3) is 11.5 Å². The summed E-state index contributed by atoms with van der Waals surface area (Å²) in [5.41, 5.74) is 0.795. The number of aromatic nitrogens is 2. The zero-order valence-corrected chi connectivity index (χ0v) is 15.2. The first-order chi connectivity index (χ1) is 12.1. The highest BCUT2D eigenvalue weighted by molar-refractivity contribution is 7.97. The number of benzene rings is 1. The Bertz CT molecular complexity index is 792. The molecule has 2 N–H and O–H groups in total. The standard InChI is InChI=1S/C17H21N3O4S/c1-23-13-5-4-11(8-14(13)24-2)6-7-18-17(22)12-9-16(21)20-15(19-12)10-25-3/h4-5,8-9H,6-7,10H2,1-3H3,(H,18,22)(H,19,20,21). The van der Waals surface area contributed by atoms with Crippen molar-refractivity contribution >= 4 is 17.7 Å². The van der Waals surface area contributed by atoms with Crippen molar-refractivity contribution in [1.82, 2.24) is 15.3 Å². The smallest absolute Gasteiger partial charge is 0.270 e. The number of hydrogen-bond acceptors (Lipinski definition) is 6. The maximum absolute atomic E-state index is 12.2. The molecule has 7 nitrogen and oxygen atoms in total. The van der Waals surface area contributed by atoms with Crippen molar-refractivity contribution in [1.29, 1.82) is 0 Å². The number of nitrogens with zero attached hydrogens (tertiary/aromatic N) is 1. The van der Waals surface area contributed by atoms with Crippen molar-refractivity contribution in [2.45, 2.75) is 12.2 Å². The molecule has 0 aliphatic rings. The molecular formula is C17H21N3O4S. The van der Waals surface area contributed by atoms with Crippen LogP contribution < -0.4 is 20.3 Å². The lowest BCUT2D eigenvalue weighted by atomic mass is 10.1. The van der Waals surface area contributed by atoms with Crippen LogP contribution in [0.2, 0.25) is 0 Å². The van der Waals surface area contributed by atoms with E-state index in [2.05, 4.69) is 15.3 Å². The van der Waals surface area contributed by atoms with Crippen molar-refractivity contribution in [3.8, 4) is 11.5 Å². The molecule has 0 atom stereocenters. The molecule has 1 amide bonds. The van der Waals surface area contributed by atoms with Gasteiger partial charge in [-0.3, -0.25) is 9.59 Å². The molecule has 0 aliphatic carbocycles. The van der Waals surface area contributed by atoms with E-state index in [0.717, 1.165) is 5.56 Å². The maximum atomic E-state index is 12.2. The number of aromatic amines is 1. The number of carbonyl (C=O) groups excluding carboxylic acids is 1. The number of amides is 1. The van der Waals surface area contributed by atoms with Gasteiger partial charge in [-0.05, 0) is 30.4 Å². The molecule has 0 saturated heterocycles. The molecule has 2 rings (SSSR count). The van der Waals surface area contributed by atoms with Gasteiger partial charge in [0.1, 0.15) is 11.5 Å². The lowest BCUT2D eigenvalue weighted by molar-refractivity contribution is 0.0948. The molecule has 1 aromatic heterocycles. The van der Waals surface area contributed by atoms with E-state index in [4.69, 9.17) is 9.47 Å². The van der Waals surface area contributed by atoms with Crippen LogP contribution in [0, 0.1) is 0 Å². The molecule has 0 bridgehead atoms. The molecule has 0 radical (unpaired) electrons. The number of ether oxygens (including phenoxy) is 2. The van der Waals surface area contributed by atoms with Crippen molar-refractivity contribution in [3.05, 3.63) is 51.7 Å². The lowest BCUT2D eigenvalue weighted by Gasteiger charge is -2.10. The molecule has 0 fully saturated rings. The lowest BCUT2D eigenvalue weighted by Crippen LogP contribution is -2.28. The van der Waals surface area contributed by atoms with Gasteiger partial charge in [-0.25, -0.2) is 4.98 Å². The fourth-order valence-corrected chi connectivity index (χ4v) is 2.69. The van der Waals surface area contributed by atoms with E-state index in [1.165, 1.54) is 17.8 Å². The van der Waals surface area contributed by atoms with E-state index < -0.39 is 0 Å². The number of H-pyrrole nitrogens is 1. The van der Waals surface area contributed by atoms with E-state index in [1.54, 1.807) is 14.2 Å². The normalized spacial score (nSPS) is 10.4. The zero-order chi connectivity index (χ0) is 18.2. The number of nitrogens with one attached hydrogen (secondary N) is 2. The van der Waals surface area contributed by atoms with Crippen LogP contribution in [0.25, 0.3) is 0 Å². The number of hydrogen-bond donors (Lipinski definition) is 2. The van der Waals surface area contributed by atoms with E-state index in [1.807, 2.05) is 24.5 Å². The van der Waals surface area contributed by atoms with Crippen LogP contribution in [0.4, 0.5) is 0 Å². The summed E-state index contributed by atoms with van der Waals surface area (Å²) in [4.78, 5) is 30.6. The number of methoxy groups -OCH3 is 2. The van der Waals surface area contributed by atoms with Gasteiger partial charge >= 0.3 is 0 Å². The summed E-state index contributed by atoms with van der Waals surface area (Å²) >= 11 is 1.52. The largest absolute Gasteiger partial charge is 0.493 e. The SMILES string of the molecule is COc1ccc(CCNC(=O)c2cc(=O)[nH]c(CSC)n2)cc1OC. The van der Waals surface area contributed by atoms with Gasteiger partial charge in [-0.1, -0.05) is 6.07 Å². The Balaban J connectivity index is 1.98. The second-order valence-corrected chi connectivity index (χ2v) is 6.07. The third-order valence-corrected chi connectivity index (χ3v) is 4.01. The Hall–Kier alpha value is -2.48. The van der Waals surface area contributed by atoms with Crippen molar-refractivity contribution in [3.63, 3.8) is 0 Å². The van der Waals surface area contributed by atoms with Crippen LogP contribution >= 0.6 is 11.8 Å². The van der Waals surface area contributed by atoms with Crippen LogP contribution in [0.5, 0.6) is 11.5 Å². The molecule has 0 unspecified atom stereocenters. The third kappa shape index (κ3) is 5.25. The first-order valence-electron chi connectivity index (χ1n) is 7.65. The van der Waals surface area contributed by atoms with Gasteiger partial charge in [0.2, 0.25) is 0 Å². The summed E-state index contributed by atoms with van der Waals surface area (Å²) in [6, 6.07) is 6.81. The molecule has 25 heavy (non-hydrogen) atoms.